The van der Waals surface area contributed by atoms with Crippen molar-refractivity contribution >= 4 is 11.8 Å². The summed E-state index contributed by atoms with van der Waals surface area (Å²) in [6, 6.07) is 10.9. The van der Waals surface area contributed by atoms with Crippen molar-refractivity contribution in [3.8, 4) is 11.5 Å². The lowest BCUT2D eigenvalue weighted by Crippen LogP contribution is -2.51. The van der Waals surface area contributed by atoms with Crippen molar-refractivity contribution in [2.45, 2.75) is 6.42 Å². The third kappa shape index (κ3) is 3.86. The van der Waals surface area contributed by atoms with Crippen LogP contribution >= 0.6 is 0 Å². The Morgan fingerprint density at radius 3 is 2.41 bits per heavy atom. The van der Waals surface area contributed by atoms with Crippen molar-refractivity contribution in [2.24, 2.45) is 0 Å². The Kier molecular flexibility index (Phi) is 4.91. The number of fused-ring (bicyclic) bond motifs is 1. The molecule has 1 aromatic carbocycles. The highest BCUT2D eigenvalue weighted by molar-refractivity contribution is 5.92. The van der Waals surface area contributed by atoms with Crippen molar-refractivity contribution in [3.05, 3.63) is 53.9 Å². The third-order valence-corrected chi connectivity index (χ3v) is 4.77. The Hall–Kier alpha value is -3.09. The monoisotopic (exact) mass is 367 g/mol. The van der Waals surface area contributed by atoms with Gasteiger partial charge in [0.05, 0.1) is 6.42 Å². The molecule has 1 aromatic heterocycles. The van der Waals surface area contributed by atoms with Crippen LogP contribution in [0.2, 0.25) is 0 Å². The highest BCUT2D eigenvalue weighted by Gasteiger charge is 2.25. The van der Waals surface area contributed by atoms with Crippen LogP contribution in [0.15, 0.2) is 42.6 Å². The van der Waals surface area contributed by atoms with Gasteiger partial charge >= 0.3 is 0 Å². The van der Waals surface area contributed by atoms with Gasteiger partial charge in [-0.05, 0) is 29.8 Å². The van der Waals surface area contributed by atoms with Crippen LogP contribution in [0.4, 0.5) is 0 Å². The fourth-order valence-electron chi connectivity index (χ4n) is 3.29. The maximum atomic E-state index is 12.6. The molecule has 7 nitrogen and oxygen atoms in total. The summed E-state index contributed by atoms with van der Waals surface area (Å²) in [5.74, 6) is 1.38. The van der Waals surface area contributed by atoms with E-state index < -0.39 is 0 Å². The number of pyridine rings is 1. The molecule has 0 saturated carbocycles. The Labute approximate surface area is 157 Å². The van der Waals surface area contributed by atoms with Gasteiger partial charge in [-0.3, -0.25) is 14.6 Å². The second-order valence-corrected chi connectivity index (χ2v) is 6.54. The van der Waals surface area contributed by atoms with E-state index >= 15 is 0 Å². The highest BCUT2D eigenvalue weighted by Crippen LogP contribution is 2.31. The molecule has 0 aliphatic carbocycles. The Morgan fingerprint density at radius 1 is 0.926 bits per heavy atom. The summed E-state index contributed by atoms with van der Waals surface area (Å²) < 4.78 is 11.1. The number of piperazine rings is 1. The van der Waals surface area contributed by atoms with Crippen LogP contribution in [0.3, 0.4) is 0 Å². The van der Waals surface area contributed by atoms with Crippen molar-refractivity contribution in [3.63, 3.8) is 0 Å². The number of amides is 2. The topological polar surface area (TPSA) is 72.0 Å². The second kappa shape index (κ2) is 7.65. The normalized spacial score (nSPS) is 16.1. The molecule has 2 amide bonds. The van der Waals surface area contributed by atoms with E-state index in [0.29, 0.717) is 57.3 Å². The van der Waals surface area contributed by atoms with Gasteiger partial charge in [0, 0.05) is 32.4 Å². The van der Waals surface area contributed by atoms with E-state index in [1.54, 1.807) is 34.2 Å². The van der Waals surface area contributed by atoms with E-state index in [1.807, 2.05) is 18.2 Å². The number of hydrogen-bond acceptors (Lipinski definition) is 5. The van der Waals surface area contributed by atoms with Crippen LogP contribution in [0.1, 0.15) is 16.1 Å². The first kappa shape index (κ1) is 17.3. The molecule has 2 aliphatic rings. The first-order valence-corrected chi connectivity index (χ1v) is 9.07. The molecule has 140 valence electrons. The number of carbonyl (C=O) groups excluding carboxylic acids is 2. The lowest BCUT2D eigenvalue weighted by Gasteiger charge is -2.34. The fourth-order valence-corrected chi connectivity index (χ4v) is 3.29. The summed E-state index contributed by atoms with van der Waals surface area (Å²) in [6.07, 6.45) is 1.92. The molecular formula is C20H21N3O4. The summed E-state index contributed by atoms with van der Waals surface area (Å²) in [7, 11) is 0. The molecule has 1 fully saturated rings. The van der Waals surface area contributed by atoms with E-state index in [0.717, 1.165) is 11.3 Å². The summed E-state index contributed by atoms with van der Waals surface area (Å²) in [5, 5.41) is 0. The minimum Gasteiger partial charge on any atom is -0.486 e. The van der Waals surface area contributed by atoms with Gasteiger partial charge in [-0.15, -0.1) is 0 Å². The Balaban J connectivity index is 1.33. The number of rotatable bonds is 3. The number of ether oxygens (including phenoxy) is 2. The van der Waals surface area contributed by atoms with Gasteiger partial charge in [0.25, 0.3) is 5.91 Å². The zero-order chi connectivity index (χ0) is 18.6. The predicted molar refractivity (Wildman–Crippen MR) is 97.9 cm³/mol. The maximum Gasteiger partial charge on any atom is 0.272 e. The van der Waals surface area contributed by atoms with Crippen LogP contribution in [-0.4, -0.2) is 66.0 Å². The van der Waals surface area contributed by atoms with Gasteiger partial charge in [-0.1, -0.05) is 12.1 Å². The SMILES string of the molecule is O=C(Cc1ccc2c(c1)OCCO2)N1CCN(C(=O)c2ccccn2)CC1. The smallest absolute Gasteiger partial charge is 0.272 e. The van der Waals surface area contributed by atoms with E-state index in [4.69, 9.17) is 9.47 Å². The molecule has 2 aliphatic heterocycles. The largest absolute Gasteiger partial charge is 0.486 e. The molecule has 0 unspecified atom stereocenters. The van der Waals surface area contributed by atoms with Gasteiger partial charge in [0.2, 0.25) is 5.91 Å². The predicted octanol–water partition coefficient (Wildman–Crippen LogP) is 1.38. The van der Waals surface area contributed by atoms with Gasteiger partial charge in [0.1, 0.15) is 18.9 Å². The van der Waals surface area contributed by atoms with Gasteiger partial charge < -0.3 is 19.3 Å². The van der Waals surface area contributed by atoms with E-state index in [1.165, 1.54) is 0 Å². The molecule has 0 N–H and O–H groups in total. The first-order chi connectivity index (χ1) is 13.2. The van der Waals surface area contributed by atoms with Crippen molar-refractivity contribution in [2.75, 3.05) is 39.4 Å². The molecule has 0 atom stereocenters. The third-order valence-electron chi connectivity index (χ3n) is 4.77. The number of nitrogens with zero attached hydrogens (tertiary/aromatic N) is 3. The minimum atomic E-state index is -0.0884. The number of carbonyl (C=O) groups is 2. The highest BCUT2D eigenvalue weighted by atomic mass is 16.6. The van der Waals surface area contributed by atoms with Gasteiger partial charge in [-0.2, -0.15) is 0 Å². The van der Waals surface area contributed by atoms with E-state index in [2.05, 4.69) is 4.98 Å². The van der Waals surface area contributed by atoms with Crippen LogP contribution in [0.5, 0.6) is 11.5 Å². The Morgan fingerprint density at radius 2 is 1.67 bits per heavy atom. The standard InChI is InChI=1S/C20H21N3O4/c24-19(14-15-4-5-17-18(13-15)27-12-11-26-17)22-7-9-23(10-8-22)20(25)16-3-1-2-6-21-16/h1-6,13H,7-12,14H2. The average Bonchev–Trinajstić information content (AvgIpc) is 2.74. The lowest BCUT2D eigenvalue weighted by molar-refractivity contribution is -0.131. The second-order valence-electron chi connectivity index (χ2n) is 6.54. The van der Waals surface area contributed by atoms with E-state index in [-0.39, 0.29) is 11.8 Å². The Bertz CT molecular complexity index is 832. The average molecular weight is 367 g/mol. The zero-order valence-corrected chi connectivity index (χ0v) is 15.0. The van der Waals surface area contributed by atoms with Crippen LogP contribution in [-0.2, 0) is 11.2 Å². The van der Waals surface area contributed by atoms with Gasteiger partial charge in [0.15, 0.2) is 11.5 Å². The van der Waals surface area contributed by atoms with Crippen LogP contribution < -0.4 is 9.47 Å². The molecule has 0 bridgehead atoms. The molecule has 3 heterocycles. The summed E-state index contributed by atoms with van der Waals surface area (Å²) in [5.41, 5.74) is 1.34. The molecule has 0 radical (unpaired) electrons. The molecule has 7 heteroatoms. The van der Waals surface area contributed by atoms with Crippen molar-refractivity contribution < 1.29 is 19.1 Å². The first-order valence-electron chi connectivity index (χ1n) is 9.07. The quantitative estimate of drug-likeness (QED) is 0.820. The zero-order valence-electron chi connectivity index (χ0n) is 15.0. The van der Waals surface area contributed by atoms with Crippen LogP contribution in [0.25, 0.3) is 0 Å². The maximum absolute atomic E-state index is 12.6. The molecule has 4 rings (SSSR count). The van der Waals surface area contributed by atoms with Gasteiger partial charge in [-0.25, -0.2) is 0 Å². The molecule has 27 heavy (non-hydrogen) atoms. The molecular weight excluding hydrogens is 346 g/mol. The van der Waals surface area contributed by atoms with Crippen molar-refractivity contribution in [1.29, 1.82) is 0 Å². The fraction of sp³-hybridized carbons (Fsp3) is 0.350. The minimum absolute atomic E-state index is 0.0524. The van der Waals surface area contributed by atoms with E-state index in [9.17, 15) is 9.59 Å². The summed E-state index contributed by atoms with van der Waals surface area (Å²) >= 11 is 0. The molecule has 1 saturated heterocycles. The summed E-state index contributed by atoms with van der Waals surface area (Å²) in [6.45, 7) is 3.16. The number of aromatic nitrogens is 1. The van der Waals surface area contributed by atoms with Crippen LogP contribution in [0, 0.1) is 0 Å². The molecule has 2 aromatic rings. The van der Waals surface area contributed by atoms with Crippen molar-refractivity contribution in [1.82, 2.24) is 14.8 Å². The summed E-state index contributed by atoms with van der Waals surface area (Å²) in [4.78, 5) is 32.7. The number of hydrogen-bond donors (Lipinski definition) is 0. The molecule has 0 spiro atoms. The lowest BCUT2D eigenvalue weighted by atomic mass is 10.1. The number of benzene rings is 1.